The Kier molecular flexibility index (Phi) is 4.86. The first-order valence-corrected chi connectivity index (χ1v) is 7.13. The highest BCUT2D eigenvalue weighted by molar-refractivity contribution is 6.31. The van der Waals surface area contributed by atoms with Crippen LogP contribution in [0.5, 0.6) is 0 Å². The number of nitrogens with one attached hydrogen (secondary N) is 1. The predicted octanol–water partition coefficient (Wildman–Crippen LogP) is 1.71. The van der Waals surface area contributed by atoms with E-state index in [0.29, 0.717) is 22.9 Å². The van der Waals surface area contributed by atoms with Gasteiger partial charge in [0.2, 0.25) is 5.91 Å². The third kappa shape index (κ3) is 3.62. The number of aliphatic hydroxyl groups excluding tert-OH is 1. The summed E-state index contributed by atoms with van der Waals surface area (Å²) in [6, 6.07) is 4.67. The lowest BCUT2D eigenvalue weighted by atomic mass is 10.1. The number of halogens is 1. The van der Waals surface area contributed by atoms with Gasteiger partial charge in [0, 0.05) is 11.6 Å². The summed E-state index contributed by atoms with van der Waals surface area (Å²) in [7, 11) is 0. The zero-order valence-corrected chi connectivity index (χ0v) is 12.2. The summed E-state index contributed by atoms with van der Waals surface area (Å²) >= 11 is 5.83. The van der Waals surface area contributed by atoms with Crippen LogP contribution in [0.4, 0.5) is 11.4 Å². The van der Waals surface area contributed by atoms with Crippen LogP contribution in [0.2, 0.25) is 5.02 Å². The number of rotatable bonds is 3. The van der Waals surface area contributed by atoms with E-state index in [2.05, 4.69) is 5.32 Å². The lowest BCUT2D eigenvalue weighted by molar-refractivity contribution is -0.121. The number of hydrogen-bond acceptors (Lipinski definition) is 4. The maximum absolute atomic E-state index is 12.2. The van der Waals surface area contributed by atoms with Crippen molar-refractivity contribution in [3.05, 3.63) is 23.2 Å². The Morgan fingerprint density at radius 2 is 2.35 bits per heavy atom. The normalized spacial score (nSPS) is 21.4. The van der Waals surface area contributed by atoms with Gasteiger partial charge < -0.3 is 16.2 Å². The topological polar surface area (TPSA) is 78.6 Å². The molecule has 110 valence electrons. The van der Waals surface area contributed by atoms with Crippen LogP contribution in [0.1, 0.15) is 19.8 Å². The van der Waals surface area contributed by atoms with Crippen molar-refractivity contribution >= 4 is 28.9 Å². The van der Waals surface area contributed by atoms with Crippen LogP contribution in [0.25, 0.3) is 0 Å². The summed E-state index contributed by atoms with van der Waals surface area (Å²) in [6.07, 6.45) is 1.36. The van der Waals surface area contributed by atoms with Crippen LogP contribution in [0.15, 0.2) is 18.2 Å². The van der Waals surface area contributed by atoms with Crippen molar-refractivity contribution in [2.24, 2.45) is 0 Å². The maximum Gasteiger partial charge on any atom is 0.241 e. The number of amides is 1. The molecule has 5 nitrogen and oxygen atoms in total. The fourth-order valence-electron chi connectivity index (χ4n) is 2.39. The van der Waals surface area contributed by atoms with Gasteiger partial charge in [-0.25, -0.2) is 0 Å². The molecule has 1 fully saturated rings. The highest BCUT2D eigenvalue weighted by Crippen LogP contribution is 2.23. The summed E-state index contributed by atoms with van der Waals surface area (Å²) in [4.78, 5) is 14.2. The molecule has 20 heavy (non-hydrogen) atoms. The molecule has 0 aromatic heterocycles. The van der Waals surface area contributed by atoms with Crippen molar-refractivity contribution in [2.75, 3.05) is 24.1 Å². The molecule has 0 aliphatic carbocycles. The van der Waals surface area contributed by atoms with Crippen LogP contribution in [-0.4, -0.2) is 41.1 Å². The van der Waals surface area contributed by atoms with Crippen LogP contribution in [0, 0.1) is 0 Å². The summed E-state index contributed by atoms with van der Waals surface area (Å²) in [5.74, 6) is -0.131. The minimum Gasteiger partial charge on any atom is -0.397 e. The molecule has 0 bridgehead atoms. The molecule has 4 N–H and O–H groups in total. The van der Waals surface area contributed by atoms with Crippen LogP contribution < -0.4 is 11.1 Å². The second-order valence-electron chi connectivity index (χ2n) is 5.19. The minimum absolute atomic E-state index is 0.131. The first-order chi connectivity index (χ1) is 9.47. The van der Waals surface area contributed by atoms with Gasteiger partial charge in [-0.3, -0.25) is 9.69 Å². The van der Waals surface area contributed by atoms with E-state index in [1.807, 2.05) is 11.8 Å². The van der Waals surface area contributed by atoms with Crippen molar-refractivity contribution < 1.29 is 9.90 Å². The molecule has 2 atom stereocenters. The number of hydrogen-bond donors (Lipinski definition) is 3. The molecule has 1 aliphatic heterocycles. The Morgan fingerprint density at radius 1 is 1.60 bits per heavy atom. The summed E-state index contributed by atoms with van der Waals surface area (Å²) < 4.78 is 0. The molecule has 1 saturated heterocycles. The fourth-order valence-corrected chi connectivity index (χ4v) is 2.57. The predicted molar refractivity (Wildman–Crippen MR) is 80.8 cm³/mol. The van der Waals surface area contributed by atoms with E-state index in [9.17, 15) is 9.90 Å². The Labute approximate surface area is 123 Å². The molecule has 0 saturated carbocycles. The monoisotopic (exact) mass is 297 g/mol. The van der Waals surface area contributed by atoms with Gasteiger partial charge >= 0.3 is 0 Å². The van der Waals surface area contributed by atoms with Crippen LogP contribution in [-0.2, 0) is 4.79 Å². The number of carbonyl (C=O) groups is 1. The number of piperidine rings is 1. The van der Waals surface area contributed by atoms with E-state index in [1.165, 1.54) is 0 Å². The summed E-state index contributed by atoms with van der Waals surface area (Å²) in [5.41, 5.74) is 6.82. The van der Waals surface area contributed by atoms with E-state index in [4.69, 9.17) is 17.3 Å². The lowest BCUT2D eigenvalue weighted by Gasteiger charge is -2.34. The lowest BCUT2D eigenvalue weighted by Crippen LogP contribution is -2.48. The van der Waals surface area contributed by atoms with E-state index < -0.39 is 0 Å². The number of nitrogens with zero attached hydrogens (tertiary/aromatic N) is 1. The van der Waals surface area contributed by atoms with Crippen molar-refractivity contribution in [3.63, 3.8) is 0 Å². The molecule has 2 unspecified atom stereocenters. The van der Waals surface area contributed by atoms with Gasteiger partial charge in [-0.05, 0) is 44.5 Å². The Hall–Kier alpha value is -1.30. The fraction of sp³-hybridized carbons (Fsp3) is 0.500. The number of likely N-dealkylation sites (tertiary alicyclic amines) is 1. The molecule has 1 heterocycles. The molecule has 1 aliphatic rings. The number of carbonyl (C=O) groups excluding carboxylic acids is 1. The van der Waals surface area contributed by atoms with Gasteiger partial charge in [0.1, 0.15) is 0 Å². The molecule has 0 spiro atoms. The van der Waals surface area contributed by atoms with E-state index in [-0.39, 0.29) is 18.1 Å². The van der Waals surface area contributed by atoms with Crippen molar-refractivity contribution in [1.29, 1.82) is 0 Å². The van der Waals surface area contributed by atoms with Crippen molar-refractivity contribution in [3.8, 4) is 0 Å². The smallest absolute Gasteiger partial charge is 0.241 e. The van der Waals surface area contributed by atoms with Crippen LogP contribution in [0.3, 0.4) is 0 Å². The highest BCUT2D eigenvalue weighted by Gasteiger charge is 2.26. The van der Waals surface area contributed by atoms with Gasteiger partial charge in [0.25, 0.3) is 0 Å². The number of anilines is 2. The molecule has 1 amide bonds. The van der Waals surface area contributed by atoms with Gasteiger partial charge in [-0.15, -0.1) is 0 Å². The van der Waals surface area contributed by atoms with Crippen molar-refractivity contribution in [2.45, 2.75) is 31.9 Å². The standard InChI is InChI=1S/C14H20ClN3O2/c1-9(18-6-2-3-11(19)8-18)14(20)17-13-5-4-10(15)7-12(13)16/h4-5,7,9,11,19H,2-3,6,8,16H2,1H3,(H,17,20). The zero-order chi connectivity index (χ0) is 14.7. The van der Waals surface area contributed by atoms with E-state index in [1.54, 1.807) is 18.2 Å². The second-order valence-corrected chi connectivity index (χ2v) is 5.62. The summed E-state index contributed by atoms with van der Waals surface area (Å²) in [5, 5.41) is 13.0. The first kappa shape index (κ1) is 15.1. The number of aliphatic hydroxyl groups is 1. The van der Waals surface area contributed by atoms with E-state index >= 15 is 0 Å². The third-order valence-corrected chi connectivity index (χ3v) is 3.86. The second kappa shape index (κ2) is 6.43. The Morgan fingerprint density at radius 3 is 3.00 bits per heavy atom. The average molecular weight is 298 g/mol. The Bertz CT molecular complexity index is 495. The Balaban J connectivity index is 2.00. The molecule has 1 aromatic carbocycles. The summed E-state index contributed by atoms with van der Waals surface area (Å²) in [6.45, 7) is 3.19. The molecule has 0 radical (unpaired) electrons. The minimum atomic E-state index is -0.348. The molecule has 6 heteroatoms. The third-order valence-electron chi connectivity index (χ3n) is 3.63. The average Bonchev–Trinajstić information content (AvgIpc) is 2.41. The van der Waals surface area contributed by atoms with Crippen molar-refractivity contribution in [1.82, 2.24) is 4.90 Å². The van der Waals surface area contributed by atoms with E-state index in [0.717, 1.165) is 19.4 Å². The number of benzene rings is 1. The molecule has 2 rings (SSSR count). The maximum atomic E-state index is 12.2. The van der Waals surface area contributed by atoms with Gasteiger partial charge in [0.15, 0.2) is 0 Å². The highest BCUT2D eigenvalue weighted by atomic mass is 35.5. The number of nitrogens with two attached hydrogens (primary N) is 1. The number of nitrogen functional groups attached to an aromatic ring is 1. The zero-order valence-electron chi connectivity index (χ0n) is 11.5. The SMILES string of the molecule is CC(C(=O)Nc1ccc(Cl)cc1N)N1CCCC(O)C1. The molecular formula is C14H20ClN3O2. The first-order valence-electron chi connectivity index (χ1n) is 6.75. The van der Waals surface area contributed by atoms with Crippen LogP contribution >= 0.6 is 11.6 Å². The van der Waals surface area contributed by atoms with Gasteiger partial charge in [-0.1, -0.05) is 11.6 Å². The van der Waals surface area contributed by atoms with Gasteiger partial charge in [-0.2, -0.15) is 0 Å². The largest absolute Gasteiger partial charge is 0.397 e. The molecular weight excluding hydrogens is 278 g/mol. The van der Waals surface area contributed by atoms with Gasteiger partial charge in [0.05, 0.1) is 23.5 Å². The quantitative estimate of drug-likeness (QED) is 0.742. The number of β-amino-alcohol motifs (C(OH)–C–C–N with tert-alkyl or cyclic N) is 1. The molecule has 1 aromatic rings.